The lowest BCUT2D eigenvalue weighted by molar-refractivity contribution is 0.123. The summed E-state index contributed by atoms with van der Waals surface area (Å²) in [6.45, 7) is 10.9. The van der Waals surface area contributed by atoms with Gasteiger partial charge in [0.25, 0.3) is 0 Å². The molecule has 0 fully saturated rings. The highest BCUT2D eigenvalue weighted by Crippen LogP contribution is 2.40. The second-order valence-corrected chi connectivity index (χ2v) is 11.7. The average Bonchev–Trinajstić information content (AvgIpc) is 3.29. The third kappa shape index (κ3) is 4.93. The summed E-state index contributed by atoms with van der Waals surface area (Å²) in [4.78, 5) is 0. The van der Waals surface area contributed by atoms with Crippen molar-refractivity contribution in [1.82, 2.24) is 4.57 Å². The molecule has 3 aromatic carbocycles. The van der Waals surface area contributed by atoms with Crippen LogP contribution < -0.4 is 0 Å². The highest BCUT2D eigenvalue weighted by molar-refractivity contribution is 6.09. The van der Waals surface area contributed by atoms with Crippen LogP contribution in [0.25, 0.3) is 33.6 Å². The molecule has 1 aliphatic heterocycles. The molecule has 0 N–H and O–H groups in total. The smallest absolute Gasteiger partial charge is 0.131 e. The van der Waals surface area contributed by atoms with Gasteiger partial charge in [0.1, 0.15) is 17.3 Å². The van der Waals surface area contributed by atoms with Gasteiger partial charge < -0.3 is 14.0 Å². The number of para-hydroxylation sites is 2. The average molecular weight is 528 g/mol. The molecule has 3 nitrogen and oxygen atoms in total. The van der Waals surface area contributed by atoms with Gasteiger partial charge in [-0.05, 0) is 73.0 Å². The summed E-state index contributed by atoms with van der Waals surface area (Å²) in [5.41, 5.74) is 6.88. The number of fused-ring (bicyclic) bond motifs is 4. The van der Waals surface area contributed by atoms with Crippen LogP contribution in [0.2, 0.25) is 0 Å². The van der Waals surface area contributed by atoms with Crippen molar-refractivity contribution in [1.29, 1.82) is 0 Å². The van der Waals surface area contributed by atoms with Crippen molar-refractivity contribution in [3.05, 3.63) is 131 Å². The Balaban J connectivity index is 1.44. The van der Waals surface area contributed by atoms with Gasteiger partial charge in [0.2, 0.25) is 0 Å². The molecule has 4 aromatic rings. The summed E-state index contributed by atoms with van der Waals surface area (Å²) >= 11 is 0. The van der Waals surface area contributed by atoms with Crippen molar-refractivity contribution in [3.63, 3.8) is 0 Å². The SMILES string of the molecule is CCC(C)OC1=CC2=C(C=Cc3ccc4c(c3)c3ccccc3n4-c3ccccc3)C=C(C(C)(C)C)OC2=CC1. The molecule has 0 amide bonds. The quantitative estimate of drug-likeness (QED) is 0.249. The molecule has 0 saturated heterocycles. The summed E-state index contributed by atoms with van der Waals surface area (Å²) in [6, 6.07) is 26.0. The van der Waals surface area contributed by atoms with Crippen LogP contribution in [0.3, 0.4) is 0 Å². The zero-order valence-electron chi connectivity index (χ0n) is 24.1. The minimum Gasteiger partial charge on any atom is -0.495 e. The number of aromatic nitrogens is 1. The minimum absolute atomic E-state index is 0.0964. The van der Waals surface area contributed by atoms with E-state index in [1.54, 1.807) is 0 Å². The number of nitrogens with zero attached hydrogens (tertiary/aromatic N) is 1. The Hall–Kier alpha value is -4.24. The second-order valence-electron chi connectivity index (χ2n) is 11.7. The van der Waals surface area contributed by atoms with E-state index < -0.39 is 0 Å². The van der Waals surface area contributed by atoms with E-state index in [0.717, 1.165) is 46.8 Å². The first-order valence-electron chi connectivity index (χ1n) is 14.3. The molecule has 0 radical (unpaired) electrons. The fourth-order valence-electron chi connectivity index (χ4n) is 5.35. The zero-order valence-corrected chi connectivity index (χ0v) is 24.1. The lowest BCUT2D eigenvalue weighted by Gasteiger charge is -2.31. The summed E-state index contributed by atoms with van der Waals surface area (Å²) in [5, 5.41) is 2.51. The molecule has 0 saturated carbocycles. The van der Waals surface area contributed by atoms with E-state index in [1.807, 2.05) is 0 Å². The molecular weight excluding hydrogens is 490 g/mol. The van der Waals surface area contributed by atoms with Gasteiger partial charge in [0.05, 0.1) is 17.1 Å². The molecule has 2 heterocycles. The first-order valence-corrected chi connectivity index (χ1v) is 14.3. The van der Waals surface area contributed by atoms with E-state index >= 15 is 0 Å². The normalized spacial score (nSPS) is 16.5. The number of hydrogen-bond acceptors (Lipinski definition) is 2. The van der Waals surface area contributed by atoms with Gasteiger partial charge in [0.15, 0.2) is 0 Å². The van der Waals surface area contributed by atoms with E-state index in [0.29, 0.717) is 0 Å². The highest BCUT2D eigenvalue weighted by atomic mass is 16.5. The lowest BCUT2D eigenvalue weighted by Crippen LogP contribution is -2.18. The number of ether oxygens (including phenoxy) is 2. The van der Waals surface area contributed by atoms with Crippen molar-refractivity contribution in [2.75, 3.05) is 0 Å². The first-order chi connectivity index (χ1) is 19.3. The molecule has 202 valence electrons. The third-order valence-electron chi connectivity index (χ3n) is 7.71. The molecule has 1 aliphatic carbocycles. The maximum Gasteiger partial charge on any atom is 0.131 e. The zero-order chi connectivity index (χ0) is 27.9. The van der Waals surface area contributed by atoms with E-state index in [9.17, 15) is 0 Å². The largest absolute Gasteiger partial charge is 0.495 e. The van der Waals surface area contributed by atoms with E-state index in [2.05, 4.69) is 142 Å². The van der Waals surface area contributed by atoms with Gasteiger partial charge in [-0.3, -0.25) is 0 Å². The van der Waals surface area contributed by atoms with Crippen LogP contribution in [0.15, 0.2) is 126 Å². The van der Waals surface area contributed by atoms with Gasteiger partial charge in [-0.1, -0.05) is 82.3 Å². The van der Waals surface area contributed by atoms with E-state index in [4.69, 9.17) is 9.47 Å². The van der Waals surface area contributed by atoms with Crippen LogP contribution >= 0.6 is 0 Å². The van der Waals surface area contributed by atoms with Gasteiger partial charge in [-0.25, -0.2) is 0 Å². The van der Waals surface area contributed by atoms with Crippen molar-refractivity contribution in [2.45, 2.75) is 53.6 Å². The fraction of sp³-hybridized carbons (Fsp3) is 0.243. The van der Waals surface area contributed by atoms with Gasteiger partial charge in [0, 0.05) is 33.9 Å². The van der Waals surface area contributed by atoms with Crippen LogP contribution in [0.5, 0.6) is 0 Å². The molecule has 0 spiro atoms. The summed E-state index contributed by atoms with van der Waals surface area (Å²) in [5.74, 6) is 2.89. The van der Waals surface area contributed by atoms with Crippen LogP contribution in [-0.2, 0) is 9.47 Å². The topological polar surface area (TPSA) is 23.4 Å². The molecule has 1 unspecified atom stereocenters. The first kappa shape index (κ1) is 26.0. The molecule has 1 aromatic heterocycles. The maximum atomic E-state index is 6.39. The Kier molecular flexibility index (Phi) is 6.75. The van der Waals surface area contributed by atoms with Crippen LogP contribution in [0, 0.1) is 5.41 Å². The van der Waals surface area contributed by atoms with Crippen molar-refractivity contribution >= 4 is 27.9 Å². The Morgan fingerprint density at radius 1 is 0.900 bits per heavy atom. The Morgan fingerprint density at radius 2 is 1.65 bits per heavy atom. The predicted molar refractivity (Wildman–Crippen MR) is 167 cm³/mol. The standard InChI is InChI=1S/C37H37NO2/c1-6-25(2)39-29-19-21-35-31(24-29)27(23-36(40-35)37(3,4)5)18-16-26-17-20-34-32(22-26)30-14-10-11-15-33(30)38(34)28-12-8-7-9-13-28/h7-18,20-25H,6,19H2,1-5H3. The maximum absolute atomic E-state index is 6.39. The molecule has 0 bridgehead atoms. The van der Waals surface area contributed by atoms with Crippen molar-refractivity contribution < 1.29 is 9.47 Å². The van der Waals surface area contributed by atoms with E-state index in [1.165, 1.54) is 27.5 Å². The Labute approximate surface area is 237 Å². The Morgan fingerprint density at radius 3 is 2.42 bits per heavy atom. The summed E-state index contributed by atoms with van der Waals surface area (Å²) < 4.78 is 14.9. The highest BCUT2D eigenvalue weighted by Gasteiger charge is 2.28. The summed E-state index contributed by atoms with van der Waals surface area (Å²) in [7, 11) is 0. The van der Waals surface area contributed by atoms with E-state index in [-0.39, 0.29) is 11.5 Å². The second kappa shape index (κ2) is 10.4. The monoisotopic (exact) mass is 527 g/mol. The minimum atomic E-state index is -0.0964. The Bertz CT molecular complexity index is 1740. The molecule has 2 aliphatic rings. The number of hydrogen-bond donors (Lipinski definition) is 0. The molecule has 1 atom stereocenters. The predicted octanol–water partition coefficient (Wildman–Crippen LogP) is 10.0. The molecule has 6 rings (SSSR count). The molecule has 40 heavy (non-hydrogen) atoms. The van der Waals surface area contributed by atoms with Crippen LogP contribution in [0.4, 0.5) is 0 Å². The van der Waals surface area contributed by atoms with Gasteiger partial charge in [-0.2, -0.15) is 0 Å². The molecular formula is C37H37NO2. The molecule has 3 heteroatoms. The van der Waals surface area contributed by atoms with Gasteiger partial charge >= 0.3 is 0 Å². The number of rotatable bonds is 6. The van der Waals surface area contributed by atoms with Crippen molar-refractivity contribution in [2.24, 2.45) is 5.41 Å². The van der Waals surface area contributed by atoms with Crippen molar-refractivity contribution in [3.8, 4) is 5.69 Å². The fourth-order valence-corrected chi connectivity index (χ4v) is 5.35. The lowest BCUT2D eigenvalue weighted by atomic mass is 9.88. The number of allylic oxidation sites excluding steroid dienone is 6. The number of benzene rings is 3. The summed E-state index contributed by atoms with van der Waals surface area (Å²) in [6.07, 6.45) is 12.9. The van der Waals surface area contributed by atoms with Crippen LogP contribution in [0.1, 0.15) is 53.0 Å². The van der Waals surface area contributed by atoms with Crippen LogP contribution in [-0.4, -0.2) is 10.7 Å². The van der Waals surface area contributed by atoms with Gasteiger partial charge in [-0.15, -0.1) is 0 Å². The third-order valence-corrected chi connectivity index (χ3v) is 7.71.